The van der Waals surface area contributed by atoms with Crippen LogP contribution in [0.15, 0.2) is 22.7 Å². The van der Waals surface area contributed by atoms with E-state index in [1.165, 1.54) is 6.07 Å². The molecule has 5 heteroatoms. The fourth-order valence-corrected chi connectivity index (χ4v) is 2.41. The molecule has 0 spiro atoms. The van der Waals surface area contributed by atoms with Gasteiger partial charge >= 0.3 is 6.18 Å². The Bertz CT molecular complexity index is 396. The van der Waals surface area contributed by atoms with E-state index in [0.29, 0.717) is 17.3 Å². The van der Waals surface area contributed by atoms with Crippen LogP contribution in [0.2, 0.25) is 0 Å². The fraction of sp³-hybridized carbons (Fsp3) is 0.400. The molecule has 1 fully saturated rings. The predicted octanol–water partition coefficient (Wildman–Crippen LogP) is 3.42. The monoisotopic (exact) mass is 279 g/mol. The molecular weight excluding hydrogens is 271 g/mol. The Labute approximate surface area is 93.6 Å². The molecule has 1 aliphatic carbocycles. The SMILES string of the molecule is NC1(c2c(Br)cccc2C(F)(F)F)CC1. The summed E-state index contributed by atoms with van der Waals surface area (Å²) in [6, 6.07) is 4.05. The number of benzene rings is 1. The Hall–Kier alpha value is -0.550. The predicted molar refractivity (Wildman–Crippen MR) is 54.2 cm³/mol. The van der Waals surface area contributed by atoms with Crippen molar-refractivity contribution in [2.45, 2.75) is 24.6 Å². The minimum atomic E-state index is -4.34. The van der Waals surface area contributed by atoms with Gasteiger partial charge < -0.3 is 5.73 Å². The second kappa shape index (κ2) is 3.22. The number of halogens is 4. The van der Waals surface area contributed by atoms with E-state index in [9.17, 15) is 13.2 Å². The molecule has 2 N–H and O–H groups in total. The van der Waals surface area contributed by atoms with Crippen LogP contribution in [0, 0.1) is 0 Å². The molecule has 1 aromatic rings. The van der Waals surface area contributed by atoms with Crippen molar-refractivity contribution in [3.05, 3.63) is 33.8 Å². The molecule has 1 nitrogen and oxygen atoms in total. The van der Waals surface area contributed by atoms with Crippen molar-refractivity contribution < 1.29 is 13.2 Å². The Morgan fingerprint density at radius 3 is 2.33 bits per heavy atom. The average Bonchev–Trinajstić information content (AvgIpc) is 2.82. The van der Waals surface area contributed by atoms with Crippen LogP contribution in [0.5, 0.6) is 0 Å². The maximum Gasteiger partial charge on any atom is 0.416 e. The summed E-state index contributed by atoms with van der Waals surface area (Å²) in [7, 11) is 0. The van der Waals surface area contributed by atoms with Gasteiger partial charge in [0.1, 0.15) is 0 Å². The Morgan fingerprint density at radius 1 is 1.27 bits per heavy atom. The number of hydrogen-bond donors (Lipinski definition) is 1. The molecule has 0 saturated heterocycles. The van der Waals surface area contributed by atoms with Crippen molar-refractivity contribution >= 4 is 15.9 Å². The molecular formula is C10H9BrF3N. The average molecular weight is 280 g/mol. The Balaban J connectivity index is 2.60. The van der Waals surface area contributed by atoms with Gasteiger partial charge in [-0.15, -0.1) is 0 Å². The molecule has 1 aliphatic rings. The van der Waals surface area contributed by atoms with Crippen LogP contribution in [-0.2, 0) is 11.7 Å². The molecule has 1 aromatic carbocycles. The minimum absolute atomic E-state index is 0.192. The highest BCUT2D eigenvalue weighted by Crippen LogP contribution is 2.50. The van der Waals surface area contributed by atoms with E-state index in [1.54, 1.807) is 6.07 Å². The highest BCUT2D eigenvalue weighted by atomic mass is 79.9. The van der Waals surface area contributed by atoms with E-state index in [2.05, 4.69) is 15.9 Å². The third-order valence-corrected chi connectivity index (χ3v) is 3.27. The lowest BCUT2D eigenvalue weighted by Crippen LogP contribution is -2.24. The molecule has 2 rings (SSSR count). The summed E-state index contributed by atoms with van der Waals surface area (Å²) in [4.78, 5) is 0. The third kappa shape index (κ3) is 1.90. The zero-order chi connectivity index (χ0) is 11.3. The van der Waals surface area contributed by atoms with Crippen molar-refractivity contribution in [2.75, 3.05) is 0 Å². The topological polar surface area (TPSA) is 26.0 Å². The van der Waals surface area contributed by atoms with Gasteiger partial charge in [-0.05, 0) is 30.5 Å². The van der Waals surface area contributed by atoms with E-state index in [0.717, 1.165) is 6.07 Å². The van der Waals surface area contributed by atoms with Crippen molar-refractivity contribution in [3.63, 3.8) is 0 Å². The van der Waals surface area contributed by atoms with E-state index in [-0.39, 0.29) is 5.56 Å². The second-order valence-electron chi connectivity index (χ2n) is 3.82. The van der Waals surface area contributed by atoms with Crippen LogP contribution in [0.25, 0.3) is 0 Å². The van der Waals surface area contributed by atoms with Gasteiger partial charge in [-0.25, -0.2) is 0 Å². The Morgan fingerprint density at radius 2 is 1.87 bits per heavy atom. The van der Waals surface area contributed by atoms with Gasteiger partial charge in [0.15, 0.2) is 0 Å². The second-order valence-corrected chi connectivity index (χ2v) is 4.67. The normalized spacial score (nSPS) is 19.0. The first-order valence-corrected chi connectivity index (χ1v) is 5.29. The van der Waals surface area contributed by atoms with E-state index >= 15 is 0 Å². The quantitative estimate of drug-likeness (QED) is 0.838. The van der Waals surface area contributed by atoms with E-state index < -0.39 is 17.3 Å². The highest BCUT2D eigenvalue weighted by Gasteiger charge is 2.47. The first-order valence-electron chi connectivity index (χ1n) is 4.50. The van der Waals surface area contributed by atoms with Crippen LogP contribution in [-0.4, -0.2) is 0 Å². The Kier molecular flexibility index (Phi) is 2.35. The molecule has 1 saturated carbocycles. The third-order valence-electron chi connectivity index (χ3n) is 2.61. The molecule has 0 aliphatic heterocycles. The van der Waals surface area contributed by atoms with Crippen LogP contribution in [0.4, 0.5) is 13.2 Å². The van der Waals surface area contributed by atoms with E-state index in [4.69, 9.17) is 5.73 Å². The van der Waals surface area contributed by atoms with Crippen molar-refractivity contribution in [1.29, 1.82) is 0 Å². The van der Waals surface area contributed by atoms with Gasteiger partial charge in [0, 0.05) is 10.0 Å². The molecule has 82 valence electrons. The van der Waals surface area contributed by atoms with Crippen LogP contribution in [0.3, 0.4) is 0 Å². The maximum absolute atomic E-state index is 12.7. The molecule has 0 unspecified atom stereocenters. The van der Waals surface area contributed by atoms with Gasteiger partial charge in [-0.1, -0.05) is 22.0 Å². The zero-order valence-corrected chi connectivity index (χ0v) is 9.32. The molecule has 15 heavy (non-hydrogen) atoms. The smallest absolute Gasteiger partial charge is 0.321 e. The largest absolute Gasteiger partial charge is 0.416 e. The summed E-state index contributed by atoms with van der Waals surface area (Å²) in [5.74, 6) is 0. The number of hydrogen-bond acceptors (Lipinski definition) is 1. The van der Waals surface area contributed by atoms with Crippen molar-refractivity contribution in [2.24, 2.45) is 5.73 Å². The van der Waals surface area contributed by atoms with Gasteiger partial charge in [-0.2, -0.15) is 13.2 Å². The molecule has 0 amide bonds. The lowest BCUT2D eigenvalue weighted by Gasteiger charge is -2.18. The van der Waals surface area contributed by atoms with E-state index in [1.807, 2.05) is 0 Å². The molecule has 0 bridgehead atoms. The maximum atomic E-state index is 12.7. The number of alkyl halides is 3. The molecule has 0 aromatic heterocycles. The summed E-state index contributed by atoms with van der Waals surface area (Å²) in [5.41, 5.74) is 4.61. The lowest BCUT2D eigenvalue weighted by molar-refractivity contribution is -0.138. The van der Waals surface area contributed by atoms with Gasteiger partial charge in [0.2, 0.25) is 0 Å². The summed E-state index contributed by atoms with van der Waals surface area (Å²) >= 11 is 3.14. The van der Waals surface area contributed by atoms with Crippen LogP contribution in [0.1, 0.15) is 24.0 Å². The summed E-state index contributed by atoms with van der Waals surface area (Å²) in [6.07, 6.45) is -3.12. The number of nitrogens with two attached hydrogens (primary N) is 1. The highest BCUT2D eigenvalue weighted by molar-refractivity contribution is 9.10. The molecule has 0 radical (unpaired) electrons. The van der Waals surface area contributed by atoms with Gasteiger partial charge in [0.05, 0.1) is 5.56 Å². The first-order chi connectivity index (χ1) is 6.84. The van der Waals surface area contributed by atoms with Gasteiger partial charge in [0.25, 0.3) is 0 Å². The minimum Gasteiger partial charge on any atom is -0.321 e. The fourth-order valence-electron chi connectivity index (χ4n) is 1.65. The summed E-state index contributed by atoms with van der Waals surface area (Å²) < 4.78 is 38.6. The summed E-state index contributed by atoms with van der Waals surface area (Å²) in [6.45, 7) is 0. The standard InChI is InChI=1S/C10H9BrF3N/c11-7-3-1-2-6(10(12,13)14)8(7)9(15)4-5-9/h1-3H,4-5,15H2. The zero-order valence-electron chi connectivity index (χ0n) is 7.74. The van der Waals surface area contributed by atoms with Crippen LogP contribution >= 0.6 is 15.9 Å². The number of rotatable bonds is 1. The molecule has 0 atom stereocenters. The van der Waals surface area contributed by atoms with Gasteiger partial charge in [-0.3, -0.25) is 0 Å². The lowest BCUT2D eigenvalue weighted by atomic mass is 9.99. The van der Waals surface area contributed by atoms with Crippen LogP contribution < -0.4 is 5.73 Å². The van der Waals surface area contributed by atoms with Crippen molar-refractivity contribution in [3.8, 4) is 0 Å². The molecule has 0 heterocycles. The first kappa shape index (κ1) is 11.0. The van der Waals surface area contributed by atoms with Crippen molar-refractivity contribution in [1.82, 2.24) is 0 Å². The summed E-state index contributed by atoms with van der Waals surface area (Å²) in [5, 5.41) is 0.